The van der Waals surface area contributed by atoms with Crippen LogP contribution in [0.5, 0.6) is 0 Å². The zero-order chi connectivity index (χ0) is 9.10. The summed E-state index contributed by atoms with van der Waals surface area (Å²) in [6, 6.07) is 9.38. The van der Waals surface area contributed by atoms with E-state index in [-0.39, 0.29) is 0 Å². The maximum absolute atomic E-state index is 8.59. The average Bonchev–Trinajstić information content (AvgIpc) is 2.71. The Kier molecular flexibility index (Phi) is 2.02. The zero-order valence-electron chi connectivity index (χ0n) is 6.71. The normalized spacial score (nSPS) is 9.46. The Hall–Kier alpha value is -1.73. The van der Waals surface area contributed by atoms with Gasteiger partial charge in [0.2, 0.25) is 5.69 Å². The number of aromatic nitrogens is 2. The van der Waals surface area contributed by atoms with Gasteiger partial charge < -0.3 is 0 Å². The number of benzene rings is 1. The number of hydrogen-bond acceptors (Lipinski definition) is 3. The summed E-state index contributed by atoms with van der Waals surface area (Å²) >= 11 is 1.53. The van der Waals surface area contributed by atoms with Crippen molar-refractivity contribution < 1.29 is 4.68 Å². The van der Waals surface area contributed by atoms with Gasteiger partial charge in [-0.25, -0.2) is 0 Å². The van der Waals surface area contributed by atoms with Crippen molar-refractivity contribution in [1.82, 2.24) is 5.10 Å². The Bertz CT molecular complexity index is 425. The molecule has 2 rings (SSSR count). The topological polar surface area (TPSA) is 40.6 Å². The van der Waals surface area contributed by atoms with E-state index in [4.69, 9.17) is 5.26 Å². The summed E-state index contributed by atoms with van der Waals surface area (Å²) in [6.07, 6.45) is 0. The second-order valence-corrected chi connectivity index (χ2v) is 3.16. The Morgan fingerprint density at radius 3 is 2.62 bits per heavy atom. The average molecular weight is 188 g/mol. The molecule has 0 saturated carbocycles. The lowest BCUT2D eigenvalue weighted by molar-refractivity contribution is -0.653. The Morgan fingerprint density at radius 1 is 1.31 bits per heavy atom. The third kappa shape index (κ3) is 1.55. The number of nitrogens with zero attached hydrogens (tertiary/aromatic N) is 3. The van der Waals surface area contributed by atoms with Gasteiger partial charge in [-0.3, -0.25) is 0 Å². The molecular formula is C9H6N3S+. The van der Waals surface area contributed by atoms with E-state index >= 15 is 0 Å². The van der Waals surface area contributed by atoms with Crippen LogP contribution in [0.3, 0.4) is 0 Å². The van der Waals surface area contributed by atoms with E-state index in [1.165, 1.54) is 11.3 Å². The molecule has 0 bridgehead atoms. The Labute approximate surface area is 79.5 Å². The highest BCUT2D eigenvalue weighted by molar-refractivity contribution is 7.06. The van der Waals surface area contributed by atoms with Gasteiger partial charge in [-0.1, -0.05) is 11.3 Å². The summed E-state index contributed by atoms with van der Waals surface area (Å²) in [5, 5.41) is 12.7. The molecule has 1 heterocycles. The molecule has 2 aromatic rings. The zero-order valence-corrected chi connectivity index (χ0v) is 7.53. The number of rotatable bonds is 1. The van der Waals surface area contributed by atoms with Crippen LogP contribution < -0.4 is 4.68 Å². The molecule has 0 N–H and O–H groups in total. The van der Waals surface area contributed by atoms with Crippen LogP contribution in [0.4, 0.5) is 0 Å². The number of hydrogen-bond donors (Lipinski definition) is 0. The van der Waals surface area contributed by atoms with E-state index in [1.54, 1.807) is 22.3 Å². The molecule has 3 nitrogen and oxygen atoms in total. The van der Waals surface area contributed by atoms with Gasteiger partial charge in [-0.15, -0.1) is 0 Å². The van der Waals surface area contributed by atoms with Gasteiger partial charge in [0.1, 0.15) is 0 Å². The van der Waals surface area contributed by atoms with Crippen LogP contribution in [-0.2, 0) is 0 Å². The Balaban J connectivity index is 2.40. The summed E-state index contributed by atoms with van der Waals surface area (Å²) in [5.74, 6) is 0. The first-order valence-corrected chi connectivity index (χ1v) is 4.65. The lowest BCUT2D eigenvalue weighted by atomic mass is 10.2. The van der Waals surface area contributed by atoms with E-state index in [2.05, 4.69) is 11.2 Å². The van der Waals surface area contributed by atoms with Crippen LogP contribution in [0.2, 0.25) is 0 Å². The Morgan fingerprint density at radius 2 is 2.08 bits per heavy atom. The van der Waals surface area contributed by atoms with Crippen molar-refractivity contribution in [2.24, 2.45) is 0 Å². The van der Waals surface area contributed by atoms with Crippen LogP contribution in [0.1, 0.15) is 5.56 Å². The first kappa shape index (κ1) is 7.90. The molecule has 0 aliphatic carbocycles. The van der Waals surface area contributed by atoms with Crippen LogP contribution in [-0.4, -0.2) is 5.10 Å². The molecule has 0 radical (unpaired) electrons. The molecule has 0 saturated heterocycles. The highest BCUT2D eigenvalue weighted by Gasteiger charge is 2.06. The van der Waals surface area contributed by atoms with Crippen molar-refractivity contribution in [3.05, 3.63) is 40.8 Å². The van der Waals surface area contributed by atoms with Gasteiger partial charge in [-0.05, 0) is 16.8 Å². The van der Waals surface area contributed by atoms with E-state index in [9.17, 15) is 0 Å². The first-order valence-electron chi connectivity index (χ1n) is 3.71. The predicted octanol–water partition coefficient (Wildman–Crippen LogP) is 1.29. The van der Waals surface area contributed by atoms with E-state index in [0.717, 1.165) is 5.69 Å². The van der Waals surface area contributed by atoms with E-state index in [1.807, 2.05) is 17.6 Å². The molecule has 0 amide bonds. The smallest absolute Gasteiger partial charge is 0.192 e. The van der Waals surface area contributed by atoms with Crippen LogP contribution >= 0.6 is 11.3 Å². The summed E-state index contributed by atoms with van der Waals surface area (Å²) in [5.41, 5.74) is 5.30. The summed E-state index contributed by atoms with van der Waals surface area (Å²) in [6.45, 7) is 0. The fourth-order valence-electron chi connectivity index (χ4n) is 1.01. The second-order valence-electron chi connectivity index (χ2n) is 2.47. The van der Waals surface area contributed by atoms with Crippen molar-refractivity contribution >= 4 is 11.3 Å². The molecule has 0 aliphatic heterocycles. The maximum atomic E-state index is 8.59. The van der Waals surface area contributed by atoms with Gasteiger partial charge in [-0.2, -0.15) is 5.26 Å². The van der Waals surface area contributed by atoms with Crippen molar-refractivity contribution in [3.63, 3.8) is 0 Å². The first-order chi connectivity index (χ1) is 6.40. The standard InChI is InChI=1S/C9H6N3S/c10-5-8-1-3-9(4-2-8)12-7-13-6-11-12/h1-4,6-7H/q+1. The van der Waals surface area contributed by atoms with Crippen molar-refractivity contribution in [2.75, 3.05) is 0 Å². The third-order valence-electron chi connectivity index (χ3n) is 1.65. The summed E-state index contributed by atoms with van der Waals surface area (Å²) in [4.78, 5) is 0. The van der Waals surface area contributed by atoms with E-state index < -0.39 is 0 Å². The third-order valence-corrected chi connectivity index (χ3v) is 2.19. The highest BCUT2D eigenvalue weighted by Crippen LogP contribution is 2.02. The van der Waals surface area contributed by atoms with Gasteiger partial charge in [0.05, 0.1) is 11.6 Å². The molecule has 0 unspecified atom stereocenters. The van der Waals surface area contributed by atoms with Gasteiger partial charge in [0.25, 0.3) is 5.51 Å². The predicted molar refractivity (Wildman–Crippen MR) is 48.4 cm³/mol. The van der Waals surface area contributed by atoms with E-state index in [0.29, 0.717) is 5.56 Å². The number of nitriles is 1. The largest absolute Gasteiger partial charge is 0.259 e. The highest BCUT2D eigenvalue weighted by atomic mass is 32.1. The minimum Gasteiger partial charge on any atom is -0.192 e. The molecule has 1 aromatic carbocycles. The lowest BCUT2D eigenvalue weighted by Gasteiger charge is -1.88. The van der Waals surface area contributed by atoms with Crippen LogP contribution in [0.25, 0.3) is 5.69 Å². The molecule has 0 atom stereocenters. The van der Waals surface area contributed by atoms with Crippen molar-refractivity contribution in [1.29, 1.82) is 5.26 Å². The monoisotopic (exact) mass is 188 g/mol. The maximum Gasteiger partial charge on any atom is 0.259 e. The van der Waals surface area contributed by atoms with Crippen molar-refractivity contribution in [3.8, 4) is 11.8 Å². The molecule has 1 aromatic heterocycles. The minimum absolute atomic E-state index is 0.666. The van der Waals surface area contributed by atoms with Crippen LogP contribution in [0, 0.1) is 11.3 Å². The second kappa shape index (κ2) is 3.33. The fourth-order valence-corrected chi connectivity index (χ4v) is 1.51. The molecule has 4 heteroatoms. The molecule has 62 valence electrons. The molecule has 0 aliphatic rings. The van der Waals surface area contributed by atoms with Crippen molar-refractivity contribution in [2.45, 2.75) is 0 Å². The molecule has 0 fully saturated rings. The molecule has 13 heavy (non-hydrogen) atoms. The van der Waals surface area contributed by atoms with Gasteiger partial charge in [0, 0.05) is 17.2 Å². The quantitative estimate of drug-likeness (QED) is 0.633. The van der Waals surface area contributed by atoms with Gasteiger partial charge in [0.15, 0.2) is 5.51 Å². The molecular weight excluding hydrogens is 182 g/mol. The molecule has 0 spiro atoms. The fraction of sp³-hybridized carbons (Fsp3) is 0. The SMILES string of the molecule is N#Cc1ccc(-[n+]2cscn2)cc1. The minimum atomic E-state index is 0.666. The lowest BCUT2D eigenvalue weighted by Crippen LogP contribution is -2.30. The summed E-state index contributed by atoms with van der Waals surface area (Å²) in [7, 11) is 0. The van der Waals surface area contributed by atoms with Gasteiger partial charge >= 0.3 is 0 Å². The summed E-state index contributed by atoms with van der Waals surface area (Å²) < 4.78 is 1.77. The van der Waals surface area contributed by atoms with Crippen LogP contribution in [0.15, 0.2) is 35.3 Å².